The van der Waals surface area contributed by atoms with E-state index < -0.39 is 0 Å². The first-order valence-corrected chi connectivity index (χ1v) is 7.36. The minimum Gasteiger partial charge on any atom is -0.454 e. The van der Waals surface area contributed by atoms with Crippen molar-refractivity contribution < 1.29 is 14.3 Å². The van der Waals surface area contributed by atoms with Gasteiger partial charge in [-0.3, -0.25) is 4.79 Å². The average Bonchev–Trinajstić information content (AvgIpc) is 3.00. The van der Waals surface area contributed by atoms with Gasteiger partial charge in [0.15, 0.2) is 11.5 Å². The van der Waals surface area contributed by atoms with Gasteiger partial charge in [0.2, 0.25) is 6.79 Å². The van der Waals surface area contributed by atoms with Gasteiger partial charge in [-0.15, -0.1) is 0 Å². The highest BCUT2D eigenvalue weighted by Gasteiger charge is 2.22. The van der Waals surface area contributed by atoms with E-state index in [0.29, 0.717) is 22.1 Å². The monoisotopic (exact) mass is 317 g/mol. The Morgan fingerprint density at radius 2 is 1.95 bits per heavy atom. The third-order valence-corrected chi connectivity index (χ3v) is 4.09. The fourth-order valence-electron chi connectivity index (χ4n) is 2.40. The fraction of sp³-hybridized carbons (Fsp3) is 0.235. The van der Waals surface area contributed by atoms with Crippen molar-refractivity contribution in [1.82, 2.24) is 4.90 Å². The first-order chi connectivity index (χ1) is 10.6. The van der Waals surface area contributed by atoms with Crippen molar-refractivity contribution in [2.24, 2.45) is 0 Å². The van der Waals surface area contributed by atoms with Crippen LogP contribution in [0.5, 0.6) is 11.5 Å². The molecule has 0 spiro atoms. The molecule has 0 radical (unpaired) electrons. The highest BCUT2D eigenvalue weighted by Crippen LogP contribution is 2.33. The first kappa shape index (κ1) is 14.7. The smallest absolute Gasteiger partial charge is 0.254 e. The lowest BCUT2D eigenvalue weighted by Gasteiger charge is -2.25. The molecule has 0 fully saturated rings. The minimum atomic E-state index is -0.0865. The predicted octanol–water partition coefficient (Wildman–Crippen LogP) is 3.90. The number of carbonyl (C=O) groups excluding carboxylic acids is 1. The van der Waals surface area contributed by atoms with E-state index in [0.717, 1.165) is 5.56 Å². The summed E-state index contributed by atoms with van der Waals surface area (Å²) in [4.78, 5) is 14.3. The van der Waals surface area contributed by atoms with Gasteiger partial charge in [0, 0.05) is 17.6 Å². The summed E-state index contributed by atoms with van der Waals surface area (Å²) < 4.78 is 10.6. The number of amides is 1. The van der Waals surface area contributed by atoms with Crippen LogP contribution in [0.15, 0.2) is 42.5 Å². The average molecular weight is 318 g/mol. The van der Waals surface area contributed by atoms with Gasteiger partial charge in [0.05, 0.1) is 6.04 Å². The molecule has 0 bridgehead atoms. The van der Waals surface area contributed by atoms with Crippen LogP contribution in [0, 0.1) is 0 Å². The summed E-state index contributed by atoms with van der Waals surface area (Å²) in [6, 6.07) is 12.7. The van der Waals surface area contributed by atoms with Gasteiger partial charge in [-0.2, -0.15) is 0 Å². The lowest BCUT2D eigenvalue weighted by atomic mass is 10.1. The standard InChI is InChI=1S/C17H16ClNO3/c1-11(12-4-3-5-14(18)8-12)19(2)17(20)13-6-7-15-16(9-13)22-10-21-15/h3-9,11H,10H2,1-2H3. The van der Waals surface area contributed by atoms with Crippen LogP contribution in [0.25, 0.3) is 0 Å². The first-order valence-electron chi connectivity index (χ1n) is 6.98. The molecule has 1 heterocycles. The molecule has 22 heavy (non-hydrogen) atoms. The van der Waals surface area contributed by atoms with Crippen LogP contribution >= 0.6 is 11.6 Å². The van der Waals surface area contributed by atoms with Crippen molar-refractivity contribution in [3.05, 3.63) is 58.6 Å². The van der Waals surface area contributed by atoms with E-state index >= 15 is 0 Å². The van der Waals surface area contributed by atoms with Crippen LogP contribution in [0.2, 0.25) is 5.02 Å². The van der Waals surface area contributed by atoms with Gasteiger partial charge in [-0.25, -0.2) is 0 Å². The molecule has 1 unspecified atom stereocenters. The van der Waals surface area contributed by atoms with Crippen molar-refractivity contribution in [1.29, 1.82) is 0 Å². The summed E-state index contributed by atoms with van der Waals surface area (Å²) >= 11 is 6.02. The molecule has 0 aliphatic carbocycles. The molecule has 2 aromatic carbocycles. The molecular formula is C17H16ClNO3. The highest BCUT2D eigenvalue weighted by atomic mass is 35.5. The van der Waals surface area contributed by atoms with Crippen molar-refractivity contribution in [2.75, 3.05) is 13.8 Å². The maximum Gasteiger partial charge on any atom is 0.254 e. The van der Waals surface area contributed by atoms with Crippen LogP contribution in [0.1, 0.15) is 28.9 Å². The maximum atomic E-state index is 12.6. The normalized spacial score (nSPS) is 13.8. The molecule has 4 nitrogen and oxygen atoms in total. The molecule has 0 aromatic heterocycles. The number of benzene rings is 2. The number of halogens is 1. The van der Waals surface area contributed by atoms with E-state index in [1.54, 1.807) is 30.1 Å². The number of carbonyl (C=O) groups is 1. The van der Waals surface area contributed by atoms with Gasteiger partial charge in [-0.1, -0.05) is 23.7 Å². The fourth-order valence-corrected chi connectivity index (χ4v) is 2.60. The number of nitrogens with zero attached hydrogens (tertiary/aromatic N) is 1. The summed E-state index contributed by atoms with van der Waals surface area (Å²) in [7, 11) is 1.78. The molecule has 0 saturated heterocycles. The molecule has 1 aliphatic rings. The van der Waals surface area contributed by atoms with Gasteiger partial charge in [-0.05, 0) is 42.8 Å². The van der Waals surface area contributed by atoms with E-state index in [1.165, 1.54) is 0 Å². The van der Waals surface area contributed by atoms with E-state index in [9.17, 15) is 4.79 Å². The van der Waals surface area contributed by atoms with E-state index in [1.807, 2.05) is 31.2 Å². The molecule has 5 heteroatoms. The SMILES string of the molecule is CC(c1cccc(Cl)c1)N(C)C(=O)c1ccc2c(c1)OCO2. The summed E-state index contributed by atoms with van der Waals surface area (Å²) in [5.74, 6) is 1.20. The Labute approximate surface area is 134 Å². The van der Waals surface area contributed by atoms with E-state index in [2.05, 4.69) is 0 Å². The maximum absolute atomic E-state index is 12.6. The molecule has 3 rings (SSSR count). The van der Waals surface area contributed by atoms with Crippen LogP contribution in [0.3, 0.4) is 0 Å². The lowest BCUT2D eigenvalue weighted by Crippen LogP contribution is -2.29. The number of ether oxygens (including phenoxy) is 2. The number of fused-ring (bicyclic) bond motifs is 1. The Balaban J connectivity index is 1.82. The second-order valence-electron chi connectivity index (χ2n) is 5.22. The molecule has 0 saturated carbocycles. The van der Waals surface area contributed by atoms with Crippen LogP contribution in [0.4, 0.5) is 0 Å². The molecule has 1 aliphatic heterocycles. The Bertz CT molecular complexity index is 717. The Morgan fingerprint density at radius 3 is 2.73 bits per heavy atom. The zero-order chi connectivity index (χ0) is 15.7. The number of rotatable bonds is 3. The van der Waals surface area contributed by atoms with Gasteiger partial charge in [0.25, 0.3) is 5.91 Å². The Kier molecular flexibility index (Phi) is 3.94. The summed E-state index contributed by atoms with van der Waals surface area (Å²) in [6.07, 6.45) is 0. The van der Waals surface area contributed by atoms with Gasteiger partial charge < -0.3 is 14.4 Å². The summed E-state index contributed by atoms with van der Waals surface area (Å²) in [5.41, 5.74) is 1.56. The van der Waals surface area contributed by atoms with Crippen molar-refractivity contribution in [3.63, 3.8) is 0 Å². The molecule has 1 atom stereocenters. The topological polar surface area (TPSA) is 38.8 Å². The summed E-state index contributed by atoms with van der Waals surface area (Å²) in [6.45, 7) is 2.16. The molecular weight excluding hydrogens is 302 g/mol. The van der Waals surface area contributed by atoms with Crippen LogP contribution in [-0.4, -0.2) is 24.6 Å². The molecule has 1 amide bonds. The third-order valence-electron chi connectivity index (χ3n) is 3.85. The molecule has 114 valence electrons. The number of hydrogen-bond donors (Lipinski definition) is 0. The Morgan fingerprint density at radius 1 is 1.18 bits per heavy atom. The van der Waals surface area contributed by atoms with Crippen LogP contribution < -0.4 is 9.47 Å². The molecule has 0 N–H and O–H groups in total. The zero-order valence-corrected chi connectivity index (χ0v) is 13.1. The minimum absolute atomic E-state index is 0.0780. The van der Waals surface area contributed by atoms with Crippen LogP contribution in [-0.2, 0) is 0 Å². The van der Waals surface area contributed by atoms with Crippen molar-refractivity contribution >= 4 is 17.5 Å². The third kappa shape index (κ3) is 2.74. The van der Waals surface area contributed by atoms with E-state index in [4.69, 9.17) is 21.1 Å². The van der Waals surface area contributed by atoms with Gasteiger partial charge >= 0.3 is 0 Å². The molecule has 2 aromatic rings. The zero-order valence-electron chi connectivity index (χ0n) is 12.4. The second-order valence-corrected chi connectivity index (χ2v) is 5.65. The highest BCUT2D eigenvalue weighted by molar-refractivity contribution is 6.30. The largest absolute Gasteiger partial charge is 0.454 e. The summed E-state index contributed by atoms with van der Waals surface area (Å²) in [5, 5.41) is 0.660. The Hall–Kier alpha value is -2.20. The van der Waals surface area contributed by atoms with E-state index in [-0.39, 0.29) is 18.7 Å². The lowest BCUT2D eigenvalue weighted by molar-refractivity contribution is 0.0742. The predicted molar refractivity (Wildman–Crippen MR) is 84.5 cm³/mol. The quantitative estimate of drug-likeness (QED) is 0.861. The van der Waals surface area contributed by atoms with Crippen molar-refractivity contribution in [3.8, 4) is 11.5 Å². The van der Waals surface area contributed by atoms with Crippen molar-refractivity contribution in [2.45, 2.75) is 13.0 Å². The van der Waals surface area contributed by atoms with Gasteiger partial charge in [0.1, 0.15) is 0 Å². The second kappa shape index (κ2) is 5.89. The number of hydrogen-bond acceptors (Lipinski definition) is 3.